The number of carbonyl (C=O) groups excluding carboxylic acids is 1. The molecule has 4 nitrogen and oxygen atoms in total. The molecule has 0 atom stereocenters. The molecule has 0 radical (unpaired) electrons. The Hall–Kier alpha value is -1.62. The van der Waals surface area contributed by atoms with Crippen LogP contribution in [-0.2, 0) is 4.74 Å². The minimum atomic E-state index is -0.438. The highest BCUT2D eigenvalue weighted by Crippen LogP contribution is 2.35. The van der Waals surface area contributed by atoms with Crippen LogP contribution in [0.4, 0.5) is 4.39 Å². The lowest BCUT2D eigenvalue weighted by Crippen LogP contribution is -2.39. The van der Waals surface area contributed by atoms with Gasteiger partial charge in [0.15, 0.2) is 11.6 Å². The predicted octanol–water partition coefficient (Wildman–Crippen LogP) is 3.36. The molecule has 2 fully saturated rings. The summed E-state index contributed by atoms with van der Waals surface area (Å²) in [6.45, 7) is 4.21. The molecule has 120 valence electrons. The molecule has 1 aromatic carbocycles. The molecule has 22 heavy (non-hydrogen) atoms. The molecule has 0 bridgehead atoms. The zero-order valence-corrected chi connectivity index (χ0v) is 12.9. The molecule has 1 saturated carbocycles. The SMILES string of the molecule is CC1(Oc2cc(C(=O)OCN3CCC3)ccc2F)CCCC1. The van der Waals surface area contributed by atoms with Crippen LogP contribution in [0, 0.1) is 5.82 Å². The number of halogens is 1. The van der Waals surface area contributed by atoms with E-state index in [9.17, 15) is 9.18 Å². The topological polar surface area (TPSA) is 38.8 Å². The zero-order chi connectivity index (χ0) is 15.6. The van der Waals surface area contributed by atoms with Crippen LogP contribution in [0.5, 0.6) is 5.75 Å². The first-order valence-corrected chi connectivity index (χ1v) is 7.94. The average Bonchev–Trinajstić information content (AvgIpc) is 2.86. The van der Waals surface area contributed by atoms with Crippen LogP contribution in [0.1, 0.15) is 49.4 Å². The van der Waals surface area contributed by atoms with Crippen LogP contribution < -0.4 is 4.74 Å². The molecule has 3 rings (SSSR count). The van der Waals surface area contributed by atoms with Crippen molar-refractivity contribution in [1.82, 2.24) is 4.90 Å². The van der Waals surface area contributed by atoms with Gasteiger partial charge >= 0.3 is 5.97 Å². The van der Waals surface area contributed by atoms with Gasteiger partial charge < -0.3 is 9.47 Å². The highest BCUT2D eigenvalue weighted by Gasteiger charge is 2.31. The van der Waals surface area contributed by atoms with Crippen molar-refractivity contribution in [3.63, 3.8) is 0 Å². The molecule has 5 heteroatoms. The van der Waals surface area contributed by atoms with E-state index in [0.29, 0.717) is 12.3 Å². The summed E-state index contributed by atoms with van der Waals surface area (Å²) in [7, 11) is 0. The standard InChI is InChI=1S/C17H22FNO3/c1-17(7-2-3-8-17)22-15-11-13(5-6-14(15)18)16(20)21-12-19-9-4-10-19/h5-6,11H,2-4,7-10,12H2,1H3. The van der Waals surface area contributed by atoms with E-state index < -0.39 is 11.8 Å². The molecule has 0 aromatic heterocycles. The summed E-state index contributed by atoms with van der Waals surface area (Å²) in [6, 6.07) is 4.17. The predicted molar refractivity (Wildman–Crippen MR) is 80.4 cm³/mol. The van der Waals surface area contributed by atoms with Crippen molar-refractivity contribution in [2.45, 2.75) is 44.6 Å². The number of carbonyl (C=O) groups is 1. The van der Waals surface area contributed by atoms with Gasteiger partial charge in [0, 0.05) is 13.1 Å². The summed E-state index contributed by atoms with van der Waals surface area (Å²) in [4.78, 5) is 14.1. The summed E-state index contributed by atoms with van der Waals surface area (Å²) < 4.78 is 25.0. The van der Waals surface area contributed by atoms with Gasteiger partial charge in [0.05, 0.1) is 5.56 Å². The van der Waals surface area contributed by atoms with Gasteiger partial charge in [0.25, 0.3) is 0 Å². The van der Waals surface area contributed by atoms with Crippen molar-refractivity contribution in [3.8, 4) is 5.75 Å². The lowest BCUT2D eigenvalue weighted by molar-refractivity contribution is 0.00477. The van der Waals surface area contributed by atoms with Crippen LogP contribution in [-0.4, -0.2) is 36.3 Å². The maximum Gasteiger partial charge on any atom is 0.339 e. The zero-order valence-electron chi connectivity index (χ0n) is 12.9. The van der Waals surface area contributed by atoms with E-state index in [4.69, 9.17) is 9.47 Å². The van der Waals surface area contributed by atoms with E-state index in [1.165, 1.54) is 18.2 Å². The van der Waals surface area contributed by atoms with Crippen molar-refractivity contribution in [3.05, 3.63) is 29.6 Å². The molecule has 1 aliphatic carbocycles. The maximum absolute atomic E-state index is 13.9. The summed E-state index contributed by atoms with van der Waals surface area (Å²) >= 11 is 0. The molecular weight excluding hydrogens is 285 g/mol. The van der Waals surface area contributed by atoms with E-state index in [1.54, 1.807) is 0 Å². The Kier molecular flexibility index (Phi) is 4.34. The minimum absolute atomic E-state index is 0.141. The first-order valence-electron chi connectivity index (χ1n) is 7.94. The lowest BCUT2D eigenvalue weighted by Gasteiger charge is -2.29. The van der Waals surface area contributed by atoms with Gasteiger partial charge in [-0.2, -0.15) is 0 Å². The number of likely N-dealkylation sites (tertiary alicyclic amines) is 1. The highest BCUT2D eigenvalue weighted by atomic mass is 19.1. The second-order valence-electron chi connectivity index (χ2n) is 6.44. The summed E-state index contributed by atoms with van der Waals surface area (Å²) in [5, 5.41) is 0. The van der Waals surface area contributed by atoms with Crippen molar-refractivity contribution in [2.24, 2.45) is 0 Å². The van der Waals surface area contributed by atoms with Gasteiger partial charge in [0.1, 0.15) is 12.3 Å². The second-order valence-corrected chi connectivity index (χ2v) is 6.44. The maximum atomic E-state index is 13.9. The number of esters is 1. The number of hydrogen-bond donors (Lipinski definition) is 0. The van der Waals surface area contributed by atoms with Crippen molar-refractivity contribution in [1.29, 1.82) is 0 Å². The Morgan fingerprint density at radius 1 is 1.27 bits per heavy atom. The first kappa shape index (κ1) is 15.3. The molecule has 0 unspecified atom stereocenters. The van der Waals surface area contributed by atoms with Crippen LogP contribution in [0.15, 0.2) is 18.2 Å². The molecular formula is C17H22FNO3. The quantitative estimate of drug-likeness (QED) is 0.782. The molecule has 1 aliphatic heterocycles. The number of benzene rings is 1. The summed E-state index contributed by atoms with van der Waals surface area (Å²) in [5.74, 6) is -0.733. The smallest absolute Gasteiger partial charge is 0.339 e. The van der Waals surface area contributed by atoms with Gasteiger partial charge in [-0.1, -0.05) is 0 Å². The van der Waals surface area contributed by atoms with Crippen molar-refractivity contribution >= 4 is 5.97 Å². The lowest BCUT2D eigenvalue weighted by atomic mass is 10.1. The van der Waals surface area contributed by atoms with Crippen LogP contribution in [0.25, 0.3) is 0 Å². The monoisotopic (exact) mass is 307 g/mol. The first-order chi connectivity index (χ1) is 10.6. The third-order valence-electron chi connectivity index (χ3n) is 4.51. The molecule has 1 aromatic rings. The number of ether oxygens (including phenoxy) is 2. The van der Waals surface area contributed by atoms with Gasteiger partial charge in [-0.3, -0.25) is 4.90 Å². The third kappa shape index (κ3) is 3.40. The Bertz CT molecular complexity index is 551. The van der Waals surface area contributed by atoms with Gasteiger partial charge in [-0.15, -0.1) is 0 Å². The minimum Gasteiger partial charge on any atom is -0.484 e. The van der Waals surface area contributed by atoms with Crippen molar-refractivity contribution in [2.75, 3.05) is 19.8 Å². The Morgan fingerprint density at radius 2 is 2.00 bits per heavy atom. The molecule has 1 saturated heterocycles. The normalized spacial score (nSPS) is 20.5. The fourth-order valence-corrected chi connectivity index (χ4v) is 2.94. The number of hydrogen-bond acceptors (Lipinski definition) is 4. The van der Waals surface area contributed by atoms with E-state index in [1.807, 2.05) is 11.8 Å². The van der Waals surface area contributed by atoms with Crippen LogP contribution in [0.3, 0.4) is 0 Å². The summed E-state index contributed by atoms with van der Waals surface area (Å²) in [6.07, 6.45) is 5.15. The van der Waals surface area contributed by atoms with E-state index in [-0.39, 0.29) is 11.4 Å². The number of rotatable bonds is 5. The second kappa shape index (κ2) is 6.24. The molecule has 0 N–H and O–H groups in total. The van der Waals surface area contributed by atoms with Gasteiger partial charge in [0.2, 0.25) is 0 Å². The van der Waals surface area contributed by atoms with Crippen molar-refractivity contribution < 1.29 is 18.7 Å². The largest absolute Gasteiger partial charge is 0.484 e. The third-order valence-corrected chi connectivity index (χ3v) is 4.51. The fourth-order valence-electron chi connectivity index (χ4n) is 2.94. The number of nitrogens with zero attached hydrogens (tertiary/aromatic N) is 1. The van der Waals surface area contributed by atoms with E-state index >= 15 is 0 Å². The van der Waals surface area contributed by atoms with E-state index in [0.717, 1.165) is 45.2 Å². The summed E-state index contributed by atoms with van der Waals surface area (Å²) in [5.41, 5.74) is -0.000376. The van der Waals surface area contributed by atoms with Crippen LogP contribution in [0.2, 0.25) is 0 Å². The fraction of sp³-hybridized carbons (Fsp3) is 0.588. The molecule has 1 heterocycles. The van der Waals surface area contributed by atoms with Gasteiger partial charge in [-0.05, 0) is 57.2 Å². The Labute approximate surface area is 130 Å². The average molecular weight is 307 g/mol. The highest BCUT2D eigenvalue weighted by molar-refractivity contribution is 5.89. The van der Waals surface area contributed by atoms with Crippen LogP contribution >= 0.6 is 0 Å². The Balaban J connectivity index is 1.67. The Morgan fingerprint density at radius 3 is 2.64 bits per heavy atom. The molecule has 2 aliphatic rings. The van der Waals surface area contributed by atoms with Gasteiger partial charge in [-0.25, -0.2) is 9.18 Å². The molecule has 0 spiro atoms. The van der Waals surface area contributed by atoms with E-state index in [2.05, 4.69) is 0 Å². The molecule has 0 amide bonds.